The number of aromatic nitrogens is 2. The molecule has 0 atom stereocenters. The van der Waals surface area contributed by atoms with Crippen LogP contribution in [0.15, 0.2) is 30.6 Å². The molecule has 1 aliphatic rings. The first-order chi connectivity index (χ1) is 10.1. The molecule has 0 bridgehead atoms. The number of nitrogens with one attached hydrogen (secondary N) is 2. The van der Waals surface area contributed by atoms with E-state index in [1.165, 1.54) is 6.33 Å². The van der Waals surface area contributed by atoms with Gasteiger partial charge in [0.15, 0.2) is 0 Å². The number of nitrogens with zero attached hydrogens (tertiary/aromatic N) is 2. The van der Waals surface area contributed by atoms with Crippen molar-refractivity contribution in [2.24, 2.45) is 0 Å². The Morgan fingerprint density at radius 3 is 2.57 bits per heavy atom. The Hall–Kier alpha value is -1.85. The topological polar surface area (TPSA) is 66.9 Å². The first kappa shape index (κ1) is 14.1. The lowest BCUT2D eigenvalue weighted by Gasteiger charge is -2.10. The van der Waals surface area contributed by atoms with E-state index in [4.69, 9.17) is 23.2 Å². The van der Waals surface area contributed by atoms with Gasteiger partial charge in [-0.1, -0.05) is 29.3 Å². The Kier molecular flexibility index (Phi) is 3.94. The molecule has 2 aromatic rings. The van der Waals surface area contributed by atoms with E-state index in [2.05, 4.69) is 20.6 Å². The molecule has 1 fully saturated rings. The molecule has 108 valence electrons. The largest absolute Gasteiger partial charge is 0.348 e. The monoisotopic (exact) mass is 322 g/mol. The summed E-state index contributed by atoms with van der Waals surface area (Å²) >= 11 is 12.2. The lowest BCUT2D eigenvalue weighted by molar-refractivity contribution is 0.0946. The van der Waals surface area contributed by atoms with E-state index in [0.29, 0.717) is 27.2 Å². The highest BCUT2D eigenvalue weighted by Gasteiger charge is 2.24. The standard InChI is InChI=1S/C14H12Cl2N4O/c15-9-2-1-3-10(16)13(9)20-12-6-11(17-7-18-12)14(21)19-8-4-5-8/h1-3,6-8H,4-5H2,(H,19,21)(H,17,18,20). The predicted octanol–water partition coefficient (Wildman–Crippen LogP) is 3.42. The minimum atomic E-state index is -0.201. The second-order valence-corrected chi connectivity index (χ2v) is 5.57. The Morgan fingerprint density at radius 2 is 1.90 bits per heavy atom. The summed E-state index contributed by atoms with van der Waals surface area (Å²) in [5.41, 5.74) is 0.857. The lowest BCUT2D eigenvalue weighted by atomic mass is 10.3. The van der Waals surface area contributed by atoms with Gasteiger partial charge in [-0.25, -0.2) is 9.97 Å². The third kappa shape index (κ3) is 3.43. The molecule has 3 rings (SSSR count). The Labute approximate surface area is 131 Å². The third-order valence-electron chi connectivity index (χ3n) is 3.03. The predicted molar refractivity (Wildman–Crippen MR) is 82.3 cm³/mol. The number of benzene rings is 1. The van der Waals surface area contributed by atoms with E-state index in [9.17, 15) is 4.79 Å². The van der Waals surface area contributed by atoms with E-state index in [0.717, 1.165) is 12.8 Å². The average Bonchev–Trinajstić information content (AvgIpc) is 3.27. The molecular formula is C14H12Cl2N4O. The van der Waals surface area contributed by atoms with Gasteiger partial charge in [0.1, 0.15) is 17.8 Å². The number of carbonyl (C=O) groups is 1. The highest BCUT2D eigenvalue weighted by molar-refractivity contribution is 6.39. The van der Waals surface area contributed by atoms with E-state index in [1.54, 1.807) is 24.3 Å². The van der Waals surface area contributed by atoms with Crippen molar-refractivity contribution in [3.8, 4) is 0 Å². The van der Waals surface area contributed by atoms with Gasteiger partial charge < -0.3 is 10.6 Å². The number of halogens is 2. The SMILES string of the molecule is O=C(NC1CC1)c1cc(Nc2c(Cl)cccc2Cl)ncn1. The number of anilines is 2. The maximum absolute atomic E-state index is 12.0. The molecule has 2 N–H and O–H groups in total. The minimum Gasteiger partial charge on any atom is -0.348 e. The van der Waals surface area contributed by atoms with Gasteiger partial charge in [-0.2, -0.15) is 0 Å². The van der Waals surface area contributed by atoms with Crippen molar-refractivity contribution in [3.05, 3.63) is 46.3 Å². The average molecular weight is 323 g/mol. The molecule has 0 spiro atoms. The van der Waals surface area contributed by atoms with E-state index in [-0.39, 0.29) is 11.9 Å². The van der Waals surface area contributed by atoms with Crippen LogP contribution in [0.25, 0.3) is 0 Å². The Bertz CT molecular complexity index is 668. The number of amides is 1. The van der Waals surface area contributed by atoms with Crippen LogP contribution in [-0.4, -0.2) is 21.9 Å². The number of hydrogen-bond acceptors (Lipinski definition) is 4. The van der Waals surface area contributed by atoms with E-state index >= 15 is 0 Å². The van der Waals surface area contributed by atoms with Crippen LogP contribution >= 0.6 is 23.2 Å². The van der Waals surface area contributed by atoms with Crippen LogP contribution in [0.3, 0.4) is 0 Å². The summed E-state index contributed by atoms with van der Waals surface area (Å²) in [6.45, 7) is 0. The highest BCUT2D eigenvalue weighted by Crippen LogP contribution is 2.32. The molecule has 0 unspecified atom stereocenters. The van der Waals surface area contributed by atoms with Gasteiger partial charge in [-0.3, -0.25) is 4.79 Å². The van der Waals surface area contributed by atoms with Gasteiger partial charge in [0.05, 0.1) is 15.7 Å². The van der Waals surface area contributed by atoms with Crippen molar-refractivity contribution >= 4 is 40.6 Å². The molecule has 0 radical (unpaired) electrons. The van der Waals surface area contributed by atoms with Crippen molar-refractivity contribution in [1.82, 2.24) is 15.3 Å². The van der Waals surface area contributed by atoms with E-state index < -0.39 is 0 Å². The van der Waals surface area contributed by atoms with Crippen LogP contribution in [0.5, 0.6) is 0 Å². The number of carbonyl (C=O) groups excluding carboxylic acids is 1. The fraction of sp³-hybridized carbons (Fsp3) is 0.214. The molecular weight excluding hydrogens is 311 g/mol. The molecule has 1 aliphatic carbocycles. The molecule has 5 nitrogen and oxygen atoms in total. The fourth-order valence-corrected chi connectivity index (χ4v) is 2.27. The summed E-state index contributed by atoms with van der Waals surface area (Å²) in [5.74, 6) is 0.258. The zero-order valence-electron chi connectivity index (χ0n) is 10.9. The van der Waals surface area contributed by atoms with Crippen LogP contribution in [0, 0.1) is 0 Å². The molecule has 1 aromatic heterocycles. The maximum atomic E-state index is 12.0. The zero-order chi connectivity index (χ0) is 14.8. The van der Waals surface area contributed by atoms with Crippen molar-refractivity contribution in [3.63, 3.8) is 0 Å². The molecule has 1 heterocycles. The molecule has 0 aliphatic heterocycles. The minimum absolute atomic E-state index is 0.201. The molecule has 1 aromatic carbocycles. The van der Waals surface area contributed by atoms with Gasteiger partial charge in [0.2, 0.25) is 0 Å². The summed E-state index contributed by atoms with van der Waals surface area (Å²) in [6.07, 6.45) is 3.38. The zero-order valence-corrected chi connectivity index (χ0v) is 12.4. The van der Waals surface area contributed by atoms with Crippen molar-refractivity contribution < 1.29 is 4.79 Å². The van der Waals surface area contributed by atoms with Gasteiger partial charge in [-0.05, 0) is 25.0 Å². The van der Waals surface area contributed by atoms with Crippen molar-refractivity contribution in [2.45, 2.75) is 18.9 Å². The summed E-state index contributed by atoms with van der Waals surface area (Å²) in [7, 11) is 0. The second-order valence-electron chi connectivity index (χ2n) is 4.76. The summed E-state index contributed by atoms with van der Waals surface area (Å²) in [4.78, 5) is 20.0. The van der Waals surface area contributed by atoms with Gasteiger partial charge in [0.25, 0.3) is 5.91 Å². The van der Waals surface area contributed by atoms with Crippen LogP contribution in [0.2, 0.25) is 10.0 Å². The number of hydrogen-bond donors (Lipinski definition) is 2. The normalized spacial score (nSPS) is 13.8. The summed E-state index contributed by atoms with van der Waals surface area (Å²) in [6, 6.07) is 7.04. The van der Waals surface area contributed by atoms with Crippen LogP contribution < -0.4 is 10.6 Å². The molecule has 1 amide bonds. The lowest BCUT2D eigenvalue weighted by Crippen LogP contribution is -2.26. The quantitative estimate of drug-likeness (QED) is 0.905. The first-order valence-electron chi connectivity index (χ1n) is 6.47. The van der Waals surface area contributed by atoms with Crippen LogP contribution in [0.1, 0.15) is 23.3 Å². The smallest absolute Gasteiger partial charge is 0.270 e. The third-order valence-corrected chi connectivity index (χ3v) is 3.66. The summed E-state index contributed by atoms with van der Waals surface area (Å²) in [5, 5.41) is 6.84. The molecule has 21 heavy (non-hydrogen) atoms. The fourth-order valence-electron chi connectivity index (χ4n) is 1.78. The van der Waals surface area contributed by atoms with Crippen molar-refractivity contribution in [2.75, 3.05) is 5.32 Å². The van der Waals surface area contributed by atoms with Gasteiger partial charge in [-0.15, -0.1) is 0 Å². The summed E-state index contributed by atoms with van der Waals surface area (Å²) < 4.78 is 0. The van der Waals surface area contributed by atoms with Crippen molar-refractivity contribution in [1.29, 1.82) is 0 Å². The van der Waals surface area contributed by atoms with Gasteiger partial charge >= 0.3 is 0 Å². The van der Waals surface area contributed by atoms with E-state index in [1.807, 2.05) is 0 Å². The highest BCUT2D eigenvalue weighted by atomic mass is 35.5. The first-order valence-corrected chi connectivity index (χ1v) is 7.23. The molecule has 0 saturated heterocycles. The maximum Gasteiger partial charge on any atom is 0.270 e. The number of rotatable bonds is 4. The van der Waals surface area contributed by atoms with Gasteiger partial charge in [0, 0.05) is 12.1 Å². The molecule has 7 heteroatoms. The van der Waals surface area contributed by atoms with Crippen LogP contribution in [-0.2, 0) is 0 Å². The van der Waals surface area contributed by atoms with Crippen LogP contribution in [0.4, 0.5) is 11.5 Å². The Balaban J connectivity index is 1.81. The molecule has 1 saturated carbocycles. The number of para-hydroxylation sites is 1. The Morgan fingerprint density at radius 1 is 1.19 bits per heavy atom. The second kappa shape index (κ2) is 5.87.